The zero-order valence-electron chi connectivity index (χ0n) is 13.3. The highest BCUT2D eigenvalue weighted by molar-refractivity contribution is 4.80. The lowest BCUT2D eigenvalue weighted by Crippen LogP contribution is -2.29. The van der Waals surface area contributed by atoms with E-state index in [-0.39, 0.29) is 6.61 Å². The summed E-state index contributed by atoms with van der Waals surface area (Å²) in [4.78, 5) is 2.37. The summed E-state index contributed by atoms with van der Waals surface area (Å²) in [5.74, 6) is 0.874. The fourth-order valence-corrected chi connectivity index (χ4v) is 2.21. The Morgan fingerprint density at radius 3 is 2.25 bits per heavy atom. The maximum absolute atomic E-state index is 9.10. The first-order valence-electron chi connectivity index (χ1n) is 7.90. The van der Waals surface area contributed by atoms with Crippen LogP contribution >= 0.6 is 0 Å². The lowest BCUT2D eigenvalue weighted by molar-refractivity contribution is 0.190. The van der Waals surface area contributed by atoms with E-state index in [4.69, 9.17) is 9.84 Å². The zero-order chi connectivity index (χ0) is 15.1. The van der Waals surface area contributed by atoms with Crippen LogP contribution in [0.2, 0.25) is 0 Å². The molecule has 0 atom stereocenters. The number of hydrogen-bond donors (Lipinski definition) is 1. The second-order valence-corrected chi connectivity index (χ2v) is 5.26. The van der Waals surface area contributed by atoms with Crippen LogP contribution in [-0.2, 0) is 4.74 Å². The summed E-state index contributed by atoms with van der Waals surface area (Å²) in [5.41, 5.74) is 0. The fourth-order valence-electron chi connectivity index (χ4n) is 2.21. The van der Waals surface area contributed by atoms with Gasteiger partial charge in [-0.15, -0.1) is 6.58 Å². The maximum atomic E-state index is 9.10. The van der Waals surface area contributed by atoms with Crippen LogP contribution in [0.25, 0.3) is 0 Å². The van der Waals surface area contributed by atoms with Gasteiger partial charge in [0, 0.05) is 13.0 Å². The van der Waals surface area contributed by atoms with Crippen molar-refractivity contribution in [1.82, 2.24) is 4.90 Å². The van der Waals surface area contributed by atoms with E-state index in [0.717, 1.165) is 44.7 Å². The van der Waals surface area contributed by atoms with Crippen molar-refractivity contribution in [2.75, 3.05) is 33.4 Å². The van der Waals surface area contributed by atoms with Gasteiger partial charge in [0.1, 0.15) is 0 Å². The van der Waals surface area contributed by atoms with Crippen molar-refractivity contribution in [2.24, 2.45) is 0 Å². The van der Waals surface area contributed by atoms with E-state index in [1.807, 2.05) is 6.08 Å². The highest BCUT2D eigenvalue weighted by Gasteiger charge is 2.04. The van der Waals surface area contributed by atoms with E-state index < -0.39 is 0 Å². The van der Waals surface area contributed by atoms with Gasteiger partial charge in [0.05, 0.1) is 19.5 Å². The monoisotopic (exact) mass is 283 g/mol. The summed E-state index contributed by atoms with van der Waals surface area (Å²) in [6.07, 6.45) is 11.3. The van der Waals surface area contributed by atoms with Crippen molar-refractivity contribution in [3.05, 3.63) is 25.0 Å². The molecule has 20 heavy (non-hydrogen) atoms. The lowest BCUT2D eigenvalue weighted by Gasteiger charge is -2.21. The van der Waals surface area contributed by atoms with Crippen LogP contribution in [-0.4, -0.2) is 43.4 Å². The molecule has 0 amide bonds. The molecular formula is C17H33NO2. The minimum Gasteiger partial charge on any atom is -0.502 e. The number of ether oxygens (including phenoxy) is 1. The molecule has 0 spiro atoms. The molecule has 1 N–H and O–H groups in total. The Labute approximate surface area is 125 Å². The smallest absolute Gasteiger partial charge is 0.0883 e. The van der Waals surface area contributed by atoms with E-state index in [9.17, 15) is 0 Å². The van der Waals surface area contributed by atoms with Gasteiger partial charge in [-0.3, -0.25) is 0 Å². The van der Waals surface area contributed by atoms with Gasteiger partial charge in [0.2, 0.25) is 0 Å². The van der Waals surface area contributed by atoms with Gasteiger partial charge >= 0.3 is 0 Å². The molecule has 0 saturated heterocycles. The average Bonchev–Trinajstić information content (AvgIpc) is 2.46. The van der Waals surface area contributed by atoms with Crippen molar-refractivity contribution in [1.29, 1.82) is 0 Å². The fraction of sp³-hybridized carbons (Fsp3) is 0.765. The van der Waals surface area contributed by atoms with Gasteiger partial charge in [-0.1, -0.05) is 25.5 Å². The second kappa shape index (κ2) is 14.6. The number of aliphatic hydroxyl groups excluding tert-OH is 1. The van der Waals surface area contributed by atoms with E-state index in [1.165, 1.54) is 32.1 Å². The predicted molar refractivity (Wildman–Crippen MR) is 86.8 cm³/mol. The normalized spacial score (nSPS) is 10.8. The summed E-state index contributed by atoms with van der Waals surface area (Å²) < 4.78 is 5.06. The van der Waals surface area contributed by atoms with Crippen molar-refractivity contribution >= 4 is 0 Å². The first-order valence-corrected chi connectivity index (χ1v) is 7.90. The standard InChI is InChI=1S/C17H33NO2/c1-4-5-6-7-10-13-18(15-16-19)14-11-8-9-12-17(2)20-3/h4,19H,1-2,5-16H2,3H3. The highest BCUT2D eigenvalue weighted by Crippen LogP contribution is 2.09. The summed E-state index contributed by atoms with van der Waals surface area (Å²) in [7, 11) is 1.68. The third-order valence-electron chi connectivity index (χ3n) is 3.52. The number of aliphatic hydroxyl groups is 1. The number of nitrogens with zero attached hydrogens (tertiary/aromatic N) is 1. The maximum Gasteiger partial charge on any atom is 0.0883 e. The number of methoxy groups -OCH3 is 1. The van der Waals surface area contributed by atoms with Gasteiger partial charge in [-0.05, 0) is 45.2 Å². The third kappa shape index (κ3) is 12.2. The molecule has 0 heterocycles. The Morgan fingerprint density at radius 2 is 1.70 bits per heavy atom. The van der Waals surface area contributed by atoms with Gasteiger partial charge < -0.3 is 14.7 Å². The highest BCUT2D eigenvalue weighted by atomic mass is 16.5. The van der Waals surface area contributed by atoms with Crippen molar-refractivity contribution in [3.63, 3.8) is 0 Å². The quantitative estimate of drug-likeness (QED) is 0.282. The van der Waals surface area contributed by atoms with Gasteiger partial charge in [0.25, 0.3) is 0 Å². The molecule has 0 aromatic carbocycles. The molecule has 0 aliphatic heterocycles. The third-order valence-corrected chi connectivity index (χ3v) is 3.52. The summed E-state index contributed by atoms with van der Waals surface area (Å²) in [6, 6.07) is 0. The number of rotatable bonds is 15. The molecule has 0 saturated carbocycles. The summed E-state index contributed by atoms with van der Waals surface area (Å²) in [5, 5.41) is 9.10. The van der Waals surface area contributed by atoms with Crippen LogP contribution in [0.4, 0.5) is 0 Å². The molecule has 0 aromatic heterocycles. The van der Waals surface area contributed by atoms with Crippen molar-refractivity contribution in [2.45, 2.75) is 51.4 Å². The number of unbranched alkanes of at least 4 members (excludes halogenated alkanes) is 5. The van der Waals surface area contributed by atoms with Gasteiger partial charge in [-0.25, -0.2) is 0 Å². The minimum atomic E-state index is 0.257. The van der Waals surface area contributed by atoms with E-state index in [1.54, 1.807) is 7.11 Å². The van der Waals surface area contributed by atoms with Crippen LogP contribution < -0.4 is 0 Å². The van der Waals surface area contributed by atoms with Crippen LogP contribution in [0.1, 0.15) is 51.4 Å². The Morgan fingerprint density at radius 1 is 1.05 bits per heavy atom. The molecule has 0 aliphatic carbocycles. The molecule has 0 rings (SSSR count). The molecule has 3 heteroatoms. The van der Waals surface area contributed by atoms with Crippen LogP contribution in [0, 0.1) is 0 Å². The Balaban J connectivity index is 3.58. The van der Waals surface area contributed by atoms with E-state index in [2.05, 4.69) is 18.1 Å². The Kier molecular flexibility index (Phi) is 14.0. The molecule has 0 radical (unpaired) electrons. The SMILES string of the molecule is C=CCCCCCN(CCO)CCCCCC(=C)OC. The topological polar surface area (TPSA) is 32.7 Å². The molecule has 0 fully saturated rings. The molecule has 118 valence electrons. The van der Waals surface area contributed by atoms with Gasteiger partial charge in [0.15, 0.2) is 0 Å². The largest absolute Gasteiger partial charge is 0.502 e. The number of allylic oxidation sites excluding steroid dienone is 2. The summed E-state index contributed by atoms with van der Waals surface area (Å²) in [6.45, 7) is 10.8. The Hall–Kier alpha value is -0.800. The minimum absolute atomic E-state index is 0.257. The molecule has 0 bridgehead atoms. The number of hydrogen-bond acceptors (Lipinski definition) is 3. The molecule has 0 unspecified atom stereocenters. The predicted octanol–water partition coefficient (Wildman–Crippen LogP) is 3.75. The van der Waals surface area contributed by atoms with Crippen LogP contribution in [0.5, 0.6) is 0 Å². The summed E-state index contributed by atoms with van der Waals surface area (Å²) >= 11 is 0. The second-order valence-electron chi connectivity index (χ2n) is 5.26. The average molecular weight is 283 g/mol. The first kappa shape index (κ1) is 19.2. The van der Waals surface area contributed by atoms with Crippen LogP contribution in [0.15, 0.2) is 25.0 Å². The molecule has 0 aromatic rings. The Bertz CT molecular complexity index is 241. The van der Waals surface area contributed by atoms with Gasteiger partial charge in [-0.2, -0.15) is 0 Å². The van der Waals surface area contributed by atoms with E-state index >= 15 is 0 Å². The van der Waals surface area contributed by atoms with E-state index in [0.29, 0.717) is 0 Å². The molecule has 3 nitrogen and oxygen atoms in total. The zero-order valence-corrected chi connectivity index (χ0v) is 13.3. The van der Waals surface area contributed by atoms with Crippen molar-refractivity contribution in [3.8, 4) is 0 Å². The first-order chi connectivity index (χ1) is 9.74. The lowest BCUT2D eigenvalue weighted by atomic mass is 10.1. The van der Waals surface area contributed by atoms with Crippen molar-refractivity contribution < 1.29 is 9.84 Å². The van der Waals surface area contributed by atoms with Crippen LogP contribution in [0.3, 0.4) is 0 Å². The molecule has 0 aliphatic rings. The molecular weight excluding hydrogens is 250 g/mol.